The Balaban J connectivity index is 0.000000711. The fourth-order valence-electron chi connectivity index (χ4n) is 1.42. The molecule has 0 unspecified atom stereocenters. The standard InChI is InChI=1S/C10H13N3.C2H6.H2/c1-6(2)9-10-8(12-13-9)4-7(3)5-11-10;1-2;/h4-6H,1-3H3,(H,12,13);1-2H3;1H. The number of nitrogens with one attached hydrogen (secondary N) is 1. The first-order valence-electron chi connectivity index (χ1n) is 5.49. The average Bonchev–Trinajstić information content (AvgIpc) is 2.63. The zero-order valence-corrected chi connectivity index (χ0v) is 10.1. The third-order valence-electron chi connectivity index (χ3n) is 2.13. The van der Waals surface area contributed by atoms with Gasteiger partial charge in [0.25, 0.3) is 0 Å². The Hall–Kier alpha value is -1.38. The van der Waals surface area contributed by atoms with Gasteiger partial charge in [0.2, 0.25) is 0 Å². The van der Waals surface area contributed by atoms with Crippen LogP contribution < -0.4 is 0 Å². The van der Waals surface area contributed by atoms with Crippen LogP contribution in [0, 0.1) is 6.92 Å². The lowest BCUT2D eigenvalue weighted by atomic mass is 10.1. The van der Waals surface area contributed by atoms with Gasteiger partial charge in [0, 0.05) is 7.62 Å². The number of hydrogen-bond acceptors (Lipinski definition) is 2. The van der Waals surface area contributed by atoms with Crippen LogP contribution in [-0.4, -0.2) is 15.2 Å². The van der Waals surface area contributed by atoms with Crippen LogP contribution in [0.3, 0.4) is 0 Å². The van der Waals surface area contributed by atoms with Crippen molar-refractivity contribution in [2.75, 3.05) is 0 Å². The minimum atomic E-state index is 0. The molecule has 0 bridgehead atoms. The number of rotatable bonds is 1. The Kier molecular flexibility index (Phi) is 3.83. The van der Waals surface area contributed by atoms with E-state index in [1.807, 2.05) is 33.0 Å². The van der Waals surface area contributed by atoms with Gasteiger partial charge in [-0.2, -0.15) is 5.10 Å². The molecule has 0 fully saturated rings. The molecular formula is C12H21N3. The van der Waals surface area contributed by atoms with Gasteiger partial charge in [0.05, 0.1) is 5.69 Å². The quantitative estimate of drug-likeness (QED) is 0.775. The summed E-state index contributed by atoms with van der Waals surface area (Å²) in [5.41, 5.74) is 4.23. The van der Waals surface area contributed by atoms with Crippen LogP contribution in [-0.2, 0) is 0 Å². The minimum Gasteiger partial charge on any atom is -0.279 e. The normalized spacial score (nSPS) is 10.3. The van der Waals surface area contributed by atoms with E-state index in [9.17, 15) is 0 Å². The van der Waals surface area contributed by atoms with Crippen molar-refractivity contribution in [2.24, 2.45) is 0 Å². The maximum absolute atomic E-state index is 4.37. The molecule has 0 radical (unpaired) electrons. The number of aryl methyl sites for hydroxylation is 1. The largest absolute Gasteiger partial charge is 0.279 e. The van der Waals surface area contributed by atoms with Crippen molar-refractivity contribution < 1.29 is 1.43 Å². The first-order chi connectivity index (χ1) is 7.18. The highest BCUT2D eigenvalue weighted by molar-refractivity contribution is 5.77. The van der Waals surface area contributed by atoms with Crippen LogP contribution in [0.15, 0.2) is 12.3 Å². The molecule has 2 aromatic rings. The Labute approximate surface area is 92.4 Å². The van der Waals surface area contributed by atoms with Gasteiger partial charge < -0.3 is 0 Å². The van der Waals surface area contributed by atoms with Gasteiger partial charge in [-0.25, -0.2) is 0 Å². The number of H-pyrrole nitrogens is 1. The highest BCUT2D eigenvalue weighted by Gasteiger charge is 2.09. The number of aromatic amines is 1. The lowest BCUT2D eigenvalue weighted by Gasteiger charge is -1.99. The molecule has 0 aliphatic carbocycles. The summed E-state index contributed by atoms with van der Waals surface area (Å²) in [6.45, 7) is 10.3. The molecule has 2 heterocycles. The molecule has 15 heavy (non-hydrogen) atoms. The van der Waals surface area contributed by atoms with Crippen molar-refractivity contribution in [3.05, 3.63) is 23.5 Å². The van der Waals surface area contributed by atoms with Gasteiger partial charge in [-0.3, -0.25) is 10.1 Å². The summed E-state index contributed by atoms with van der Waals surface area (Å²) in [5, 5.41) is 7.24. The highest BCUT2D eigenvalue weighted by atomic mass is 15.1. The second-order valence-electron chi connectivity index (χ2n) is 3.67. The zero-order valence-electron chi connectivity index (χ0n) is 10.1. The van der Waals surface area contributed by atoms with Crippen LogP contribution in [0.2, 0.25) is 0 Å². The summed E-state index contributed by atoms with van der Waals surface area (Å²) in [5.74, 6) is 0.445. The highest BCUT2D eigenvalue weighted by Crippen LogP contribution is 2.20. The summed E-state index contributed by atoms with van der Waals surface area (Å²) >= 11 is 0. The van der Waals surface area contributed by atoms with Gasteiger partial charge in [-0.1, -0.05) is 27.7 Å². The molecule has 1 N–H and O–H groups in total. The molecule has 0 saturated carbocycles. The first kappa shape index (κ1) is 11.7. The van der Waals surface area contributed by atoms with E-state index in [4.69, 9.17) is 0 Å². The fraction of sp³-hybridized carbons (Fsp3) is 0.500. The molecule has 3 heteroatoms. The molecule has 2 aromatic heterocycles. The third-order valence-corrected chi connectivity index (χ3v) is 2.13. The average molecular weight is 207 g/mol. The monoisotopic (exact) mass is 207 g/mol. The predicted molar refractivity (Wildman–Crippen MR) is 66.2 cm³/mol. The Morgan fingerprint density at radius 1 is 1.33 bits per heavy atom. The second-order valence-corrected chi connectivity index (χ2v) is 3.67. The SMILES string of the molecule is CC.Cc1cnc2c(C(C)C)[nH]nc2c1.[HH]. The number of nitrogens with zero attached hydrogens (tertiary/aromatic N) is 2. The van der Waals surface area contributed by atoms with Crippen molar-refractivity contribution in [3.63, 3.8) is 0 Å². The summed E-state index contributed by atoms with van der Waals surface area (Å²) < 4.78 is 0. The van der Waals surface area contributed by atoms with E-state index in [0.29, 0.717) is 5.92 Å². The number of aromatic nitrogens is 3. The molecule has 84 valence electrons. The topological polar surface area (TPSA) is 41.6 Å². The van der Waals surface area contributed by atoms with E-state index in [1.54, 1.807) is 0 Å². The van der Waals surface area contributed by atoms with E-state index in [2.05, 4.69) is 29.0 Å². The molecule has 2 rings (SSSR count). The van der Waals surface area contributed by atoms with Crippen molar-refractivity contribution >= 4 is 11.0 Å². The fourth-order valence-corrected chi connectivity index (χ4v) is 1.42. The van der Waals surface area contributed by atoms with Gasteiger partial charge in [-0.05, 0) is 24.5 Å². The summed E-state index contributed by atoms with van der Waals surface area (Å²) in [4.78, 5) is 4.37. The molecule has 0 aromatic carbocycles. The molecular weight excluding hydrogens is 186 g/mol. The van der Waals surface area contributed by atoms with Crippen molar-refractivity contribution in [1.82, 2.24) is 15.2 Å². The molecule has 0 amide bonds. The van der Waals surface area contributed by atoms with Crippen molar-refractivity contribution in [1.29, 1.82) is 0 Å². The van der Waals surface area contributed by atoms with E-state index in [-0.39, 0.29) is 1.43 Å². The smallest absolute Gasteiger partial charge is 0.111 e. The van der Waals surface area contributed by atoms with Crippen LogP contribution >= 0.6 is 0 Å². The summed E-state index contributed by atoms with van der Waals surface area (Å²) in [6, 6.07) is 2.05. The van der Waals surface area contributed by atoms with Gasteiger partial charge in [0.1, 0.15) is 11.0 Å². The third kappa shape index (κ3) is 2.35. The van der Waals surface area contributed by atoms with Crippen LogP contribution in [0.1, 0.15) is 46.3 Å². The van der Waals surface area contributed by atoms with Crippen molar-refractivity contribution in [2.45, 2.75) is 40.5 Å². The lowest BCUT2D eigenvalue weighted by Crippen LogP contribution is -1.89. The van der Waals surface area contributed by atoms with Gasteiger partial charge in [0.15, 0.2) is 0 Å². The Morgan fingerprint density at radius 3 is 2.60 bits per heavy atom. The number of fused-ring (bicyclic) bond motifs is 1. The molecule has 0 aliphatic rings. The maximum atomic E-state index is 4.37. The van der Waals surface area contributed by atoms with E-state index in [1.165, 1.54) is 0 Å². The molecule has 0 saturated heterocycles. The van der Waals surface area contributed by atoms with Gasteiger partial charge in [-0.15, -0.1) is 0 Å². The molecule has 0 spiro atoms. The van der Waals surface area contributed by atoms with E-state index < -0.39 is 0 Å². The Morgan fingerprint density at radius 2 is 2.00 bits per heavy atom. The van der Waals surface area contributed by atoms with E-state index in [0.717, 1.165) is 22.3 Å². The zero-order chi connectivity index (χ0) is 11.4. The lowest BCUT2D eigenvalue weighted by molar-refractivity contribution is 0.815. The summed E-state index contributed by atoms with van der Waals surface area (Å²) in [7, 11) is 0. The van der Waals surface area contributed by atoms with Crippen LogP contribution in [0.5, 0.6) is 0 Å². The molecule has 0 atom stereocenters. The van der Waals surface area contributed by atoms with E-state index >= 15 is 0 Å². The summed E-state index contributed by atoms with van der Waals surface area (Å²) in [6.07, 6.45) is 1.88. The predicted octanol–water partition coefficient (Wildman–Crippen LogP) is 3.66. The number of hydrogen-bond donors (Lipinski definition) is 1. The molecule has 3 nitrogen and oxygen atoms in total. The second kappa shape index (κ2) is 4.91. The van der Waals surface area contributed by atoms with Crippen LogP contribution in [0.25, 0.3) is 11.0 Å². The molecule has 0 aliphatic heterocycles. The minimum absolute atomic E-state index is 0. The van der Waals surface area contributed by atoms with Crippen molar-refractivity contribution in [3.8, 4) is 0 Å². The maximum Gasteiger partial charge on any atom is 0.111 e. The number of pyridine rings is 1. The Bertz CT molecular complexity index is 435. The first-order valence-corrected chi connectivity index (χ1v) is 5.49. The van der Waals surface area contributed by atoms with Crippen LogP contribution in [0.4, 0.5) is 0 Å². The van der Waals surface area contributed by atoms with Gasteiger partial charge >= 0.3 is 0 Å².